The number of hydrogen-bond donors (Lipinski definition) is 2. The average molecular weight is 350 g/mol. The standard InChI is InChI=1S/C16H13F3N4O2/c1-9-6-10-14(21-9)20-8-23(15(10)25)7-13(24)22-12-5-3-2-4-11(12)16(17,18)19/h2-6,8,21H,7H2,1H3,(H,22,24). The molecule has 0 bridgehead atoms. The van der Waals surface area contributed by atoms with Crippen molar-refractivity contribution in [3.05, 3.63) is 58.3 Å². The second-order valence-electron chi connectivity index (χ2n) is 5.48. The van der Waals surface area contributed by atoms with Crippen LogP contribution in [0.1, 0.15) is 11.3 Å². The summed E-state index contributed by atoms with van der Waals surface area (Å²) in [6.45, 7) is 1.31. The second kappa shape index (κ2) is 6.08. The summed E-state index contributed by atoms with van der Waals surface area (Å²) in [5, 5.41) is 2.50. The zero-order valence-corrected chi connectivity index (χ0v) is 13.0. The molecule has 0 fully saturated rings. The number of aromatic nitrogens is 3. The fourth-order valence-electron chi connectivity index (χ4n) is 2.47. The highest BCUT2D eigenvalue weighted by molar-refractivity contribution is 5.91. The number of benzene rings is 1. The van der Waals surface area contributed by atoms with Gasteiger partial charge in [0.1, 0.15) is 18.5 Å². The fraction of sp³-hybridized carbons (Fsp3) is 0.188. The van der Waals surface area contributed by atoms with Crippen molar-refractivity contribution >= 4 is 22.6 Å². The van der Waals surface area contributed by atoms with E-state index in [2.05, 4.69) is 15.3 Å². The molecule has 0 radical (unpaired) electrons. The van der Waals surface area contributed by atoms with Crippen LogP contribution in [-0.2, 0) is 17.5 Å². The number of alkyl halides is 3. The van der Waals surface area contributed by atoms with E-state index < -0.39 is 29.8 Å². The number of nitrogens with one attached hydrogen (secondary N) is 2. The molecule has 2 heterocycles. The van der Waals surface area contributed by atoms with Gasteiger partial charge in [-0.05, 0) is 25.1 Å². The van der Waals surface area contributed by atoms with Gasteiger partial charge in [0.05, 0.1) is 16.6 Å². The number of para-hydroxylation sites is 1. The number of aromatic amines is 1. The minimum Gasteiger partial charge on any atom is -0.343 e. The van der Waals surface area contributed by atoms with E-state index in [1.165, 1.54) is 18.5 Å². The number of carbonyl (C=O) groups is 1. The number of rotatable bonds is 3. The summed E-state index contributed by atoms with van der Waals surface area (Å²) in [6.07, 6.45) is -3.42. The van der Waals surface area contributed by atoms with Gasteiger partial charge in [-0.15, -0.1) is 0 Å². The highest BCUT2D eigenvalue weighted by Gasteiger charge is 2.33. The molecule has 2 N–H and O–H groups in total. The van der Waals surface area contributed by atoms with Gasteiger partial charge in [-0.3, -0.25) is 14.2 Å². The fourth-order valence-corrected chi connectivity index (χ4v) is 2.47. The molecule has 0 saturated heterocycles. The zero-order valence-electron chi connectivity index (χ0n) is 13.0. The summed E-state index contributed by atoms with van der Waals surface area (Å²) >= 11 is 0. The normalized spacial score (nSPS) is 11.7. The molecule has 0 unspecified atom stereocenters. The summed E-state index contributed by atoms with van der Waals surface area (Å²) < 4.78 is 39.9. The lowest BCUT2D eigenvalue weighted by Crippen LogP contribution is -2.28. The molecule has 0 aliphatic heterocycles. The maximum absolute atomic E-state index is 12.9. The first-order chi connectivity index (χ1) is 11.8. The molecule has 130 valence electrons. The monoisotopic (exact) mass is 350 g/mol. The van der Waals surface area contributed by atoms with Crippen molar-refractivity contribution in [3.63, 3.8) is 0 Å². The summed E-state index contributed by atoms with van der Waals surface area (Å²) in [6, 6.07) is 6.23. The number of H-pyrrole nitrogens is 1. The van der Waals surface area contributed by atoms with Gasteiger partial charge in [0, 0.05) is 5.69 Å². The molecule has 1 amide bonds. The molecule has 6 nitrogen and oxygen atoms in total. The molecule has 2 aromatic heterocycles. The van der Waals surface area contributed by atoms with E-state index in [0.29, 0.717) is 11.0 Å². The minimum atomic E-state index is -4.59. The van der Waals surface area contributed by atoms with E-state index >= 15 is 0 Å². The van der Waals surface area contributed by atoms with Crippen LogP contribution in [0.4, 0.5) is 18.9 Å². The number of hydrogen-bond acceptors (Lipinski definition) is 3. The Balaban J connectivity index is 1.85. The predicted molar refractivity (Wildman–Crippen MR) is 85.2 cm³/mol. The molecule has 1 aromatic carbocycles. The van der Waals surface area contributed by atoms with E-state index in [0.717, 1.165) is 22.4 Å². The number of halogens is 3. The number of anilines is 1. The smallest absolute Gasteiger partial charge is 0.343 e. The quantitative estimate of drug-likeness (QED) is 0.762. The van der Waals surface area contributed by atoms with Crippen LogP contribution in [0, 0.1) is 6.92 Å². The lowest BCUT2D eigenvalue weighted by Gasteiger charge is -2.13. The van der Waals surface area contributed by atoms with Crippen LogP contribution in [0.15, 0.2) is 41.5 Å². The van der Waals surface area contributed by atoms with Crippen LogP contribution >= 0.6 is 0 Å². The van der Waals surface area contributed by atoms with E-state index in [9.17, 15) is 22.8 Å². The molecule has 3 rings (SSSR count). The van der Waals surface area contributed by atoms with Crippen LogP contribution in [-0.4, -0.2) is 20.4 Å². The van der Waals surface area contributed by atoms with Crippen molar-refractivity contribution in [2.24, 2.45) is 0 Å². The van der Waals surface area contributed by atoms with E-state index in [-0.39, 0.29) is 5.69 Å². The van der Waals surface area contributed by atoms with Crippen LogP contribution < -0.4 is 10.9 Å². The second-order valence-corrected chi connectivity index (χ2v) is 5.48. The molecule has 0 aliphatic rings. The van der Waals surface area contributed by atoms with E-state index in [4.69, 9.17) is 0 Å². The lowest BCUT2D eigenvalue weighted by molar-refractivity contribution is -0.137. The summed E-state index contributed by atoms with van der Waals surface area (Å²) in [5.74, 6) is -0.757. The number of carbonyl (C=O) groups excluding carboxylic acids is 1. The highest BCUT2D eigenvalue weighted by Crippen LogP contribution is 2.34. The van der Waals surface area contributed by atoms with Gasteiger partial charge in [-0.1, -0.05) is 12.1 Å². The minimum absolute atomic E-state index is 0.309. The van der Waals surface area contributed by atoms with Gasteiger partial charge in [0.25, 0.3) is 5.56 Å². The molecule has 0 spiro atoms. The van der Waals surface area contributed by atoms with Crippen molar-refractivity contribution < 1.29 is 18.0 Å². The van der Waals surface area contributed by atoms with Gasteiger partial charge in [-0.25, -0.2) is 4.98 Å². The van der Waals surface area contributed by atoms with Crippen LogP contribution in [0.2, 0.25) is 0 Å². The molecule has 0 saturated carbocycles. The maximum Gasteiger partial charge on any atom is 0.418 e. The predicted octanol–water partition coefficient (Wildman–Crippen LogP) is 2.69. The zero-order chi connectivity index (χ0) is 18.2. The van der Waals surface area contributed by atoms with Crippen molar-refractivity contribution in [1.82, 2.24) is 14.5 Å². The summed E-state index contributed by atoms with van der Waals surface area (Å²) in [4.78, 5) is 31.3. The third kappa shape index (κ3) is 3.39. The first-order valence-corrected chi connectivity index (χ1v) is 7.26. The molecule has 3 aromatic rings. The van der Waals surface area contributed by atoms with Crippen molar-refractivity contribution in [1.29, 1.82) is 0 Å². The average Bonchev–Trinajstić information content (AvgIpc) is 2.91. The van der Waals surface area contributed by atoms with E-state index in [1.54, 1.807) is 13.0 Å². The maximum atomic E-state index is 12.9. The molecule has 0 atom stereocenters. The lowest BCUT2D eigenvalue weighted by atomic mass is 10.1. The third-order valence-electron chi connectivity index (χ3n) is 3.57. The van der Waals surface area contributed by atoms with Crippen LogP contribution in [0.3, 0.4) is 0 Å². The topological polar surface area (TPSA) is 79.8 Å². The Labute approximate surface area is 139 Å². The number of aryl methyl sites for hydroxylation is 1. The van der Waals surface area contributed by atoms with Gasteiger partial charge in [0.2, 0.25) is 5.91 Å². The van der Waals surface area contributed by atoms with Gasteiger partial charge in [0.15, 0.2) is 0 Å². The Bertz CT molecular complexity index is 1000. The van der Waals surface area contributed by atoms with Crippen molar-refractivity contribution in [2.45, 2.75) is 19.6 Å². The molecule has 9 heteroatoms. The van der Waals surface area contributed by atoms with Gasteiger partial charge in [-0.2, -0.15) is 13.2 Å². The first kappa shape index (κ1) is 16.7. The number of nitrogens with zero attached hydrogens (tertiary/aromatic N) is 2. The summed E-state index contributed by atoms with van der Waals surface area (Å²) in [5.41, 5.74) is -0.638. The Morgan fingerprint density at radius 1 is 1.32 bits per heavy atom. The highest BCUT2D eigenvalue weighted by atomic mass is 19.4. The molecule has 0 aliphatic carbocycles. The number of fused-ring (bicyclic) bond motifs is 1. The SMILES string of the molecule is Cc1cc2c(=O)n(CC(=O)Nc3ccccc3C(F)(F)F)cnc2[nH]1. The van der Waals surface area contributed by atoms with Crippen molar-refractivity contribution in [3.8, 4) is 0 Å². The third-order valence-corrected chi connectivity index (χ3v) is 3.57. The van der Waals surface area contributed by atoms with Crippen molar-refractivity contribution in [2.75, 3.05) is 5.32 Å². The Morgan fingerprint density at radius 2 is 2.04 bits per heavy atom. The molecular formula is C16H13F3N4O2. The van der Waals surface area contributed by atoms with Crippen LogP contribution in [0.25, 0.3) is 11.0 Å². The number of amides is 1. The first-order valence-electron chi connectivity index (χ1n) is 7.26. The Morgan fingerprint density at radius 3 is 2.76 bits per heavy atom. The Kier molecular flexibility index (Phi) is 4.07. The van der Waals surface area contributed by atoms with Crippen LogP contribution in [0.5, 0.6) is 0 Å². The Hall–Kier alpha value is -3.10. The summed E-state index contributed by atoms with van der Waals surface area (Å²) in [7, 11) is 0. The van der Waals surface area contributed by atoms with Gasteiger partial charge < -0.3 is 10.3 Å². The van der Waals surface area contributed by atoms with Gasteiger partial charge >= 0.3 is 6.18 Å². The van der Waals surface area contributed by atoms with E-state index in [1.807, 2.05) is 0 Å². The molecular weight excluding hydrogens is 337 g/mol. The molecule has 25 heavy (non-hydrogen) atoms. The largest absolute Gasteiger partial charge is 0.418 e.